The number of aliphatic hydroxyl groups excluding tert-OH is 1. The maximum atomic E-state index is 12.0. The van der Waals surface area contributed by atoms with Gasteiger partial charge in [-0.1, -0.05) is 32.9 Å². The van der Waals surface area contributed by atoms with E-state index in [-0.39, 0.29) is 29.8 Å². The summed E-state index contributed by atoms with van der Waals surface area (Å²) >= 11 is 0. The first-order valence-electron chi connectivity index (χ1n) is 9.73. The number of hydrogen-bond donors (Lipinski definition) is 3. The van der Waals surface area contributed by atoms with Gasteiger partial charge in [0.15, 0.2) is 0 Å². The molecule has 1 saturated heterocycles. The quantitative estimate of drug-likeness (QED) is 0.666. The molecule has 1 amide bonds. The Morgan fingerprint density at radius 1 is 1.33 bits per heavy atom. The monoisotopic (exact) mass is 374 g/mol. The molecule has 6 nitrogen and oxygen atoms in total. The predicted molar refractivity (Wildman–Crippen MR) is 104 cm³/mol. The third kappa shape index (κ3) is 5.08. The fraction of sp³-hybridized carbons (Fsp3) is 0.619. The number of ketones is 1. The van der Waals surface area contributed by atoms with E-state index < -0.39 is 12.0 Å². The van der Waals surface area contributed by atoms with Crippen LogP contribution in [0.5, 0.6) is 0 Å². The summed E-state index contributed by atoms with van der Waals surface area (Å²) in [6.07, 6.45) is 1.94. The number of benzene rings is 1. The second kappa shape index (κ2) is 7.98. The molecule has 0 aromatic heterocycles. The van der Waals surface area contributed by atoms with Crippen molar-refractivity contribution in [3.05, 3.63) is 29.3 Å². The van der Waals surface area contributed by atoms with Crippen LogP contribution in [0.1, 0.15) is 57.3 Å². The number of Topliss-reactive ketones (excluding diaryl/α,β-unsaturated/α-hetero) is 1. The van der Waals surface area contributed by atoms with Gasteiger partial charge in [-0.15, -0.1) is 0 Å². The first kappa shape index (κ1) is 19.8. The fourth-order valence-corrected chi connectivity index (χ4v) is 3.53. The number of aliphatic hydroxyl groups is 1. The van der Waals surface area contributed by atoms with Crippen molar-refractivity contribution in [1.29, 1.82) is 0 Å². The van der Waals surface area contributed by atoms with E-state index in [1.807, 2.05) is 32.9 Å². The zero-order valence-corrected chi connectivity index (χ0v) is 16.4. The number of carbonyl (C=O) groups excluding carboxylic acids is 2. The van der Waals surface area contributed by atoms with Crippen molar-refractivity contribution in [3.8, 4) is 0 Å². The van der Waals surface area contributed by atoms with Gasteiger partial charge in [0.2, 0.25) is 5.78 Å². The topological polar surface area (TPSA) is 87.7 Å². The van der Waals surface area contributed by atoms with Gasteiger partial charge in [-0.25, -0.2) is 0 Å². The van der Waals surface area contributed by atoms with Crippen molar-refractivity contribution in [2.24, 2.45) is 5.41 Å². The number of amides is 1. The molecule has 1 aromatic rings. The summed E-state index contributed by atoms with van der Waals surface area (Å²) in [6.45, 7) is 6.89. The van der Waals surface area contributed by atoms with E-state index in [1.165, 1.54) is 0 Å². The molecule has 2 bridgehead atoms. The molecule has 3 rings (SSSR count). The van der Waals surface area contributed by atoms with Crippen LogP contribution in [0.15, 0.2) is 18.2 Å². The van der Waals surface area contributed by atoms with Crippen LogP contribution >= 0.6 is 0 Å². The van der Waals surface area contributed by atoms with Crippen LogP contribution in [-0.2, 0) is 20.7 Å². The number of rotatable bonds is 6. The fourth-order valence-electron chi connectivity index (χ4n) is 3.53. The summed E-state index contributed by atoms with van der Waals surface area (Å²) in [5.74, 6) is -0.842. The Kier molecular flexibility index (Phi) is 5.86. The predicted octanol–water partition coefficient (Wildman–Crippen LogP) is 2.36. The minimum absolute atomic E-state index is 0.0133. The lowest BCUT2D eigenvalue weighted by Crippen LogP contribution is -2.45. The molecule has 6 heteroatoms. The largest absolute Gasteiger partial charge is 0.389 e. The molecule has 0 radical (unpaired) electrons. The van der Waals surface area contributed by atoms with Crippen molar-refractivity contribution < 1.29 is 19.4 Å². The minimum atomic E-state index is -0.486. The number of nitrogens with one attached hydrogen (secondary N) is 2. The van der Waals surface area contributed by atoms with Crippen LogP contribution in [0.2, 0.25) is 0 Å². The van der Waals surface area contributed by atoms with Crippen molar-refractivity contribution >= 4 is 17.4 Å². The normalized spacial score (nSPS) is 23.9. The van der Waals surface area contributed by atoms with E-state index in [1.54, 1.807) is 0 Å². The molecule has 1 fully saturated rings. The van der Waals surface area contributed by atoms with Gasteiger partial charge in [0.1, 0.15) is 0 Å². The first-order valence-corrected chi connectivity index (χ1v) is 9.73. The molecule has 3 N–H and O–H groups in total. The van der Waals surface area contributed by atoms with E-state index >= 15 is 0 Å². The summed E-state index contributed by atoms with van der Waals surface area (Å²) in [7, 11) is 0. The third-order valence-corrected chi connectivity index (χ3v) is 5.11. The Bertz CT molecular complexity index is 711. The number of anilines is 1. The molecule has 148 valence electrons. The molecule has 0 unspecified atom stereocenters. The molecule has 0 spiro atoms. The van der Waals surface area contributed by atoms with Gasteiger partial charge >= 0.3 is 0 Å². The van der Waals surface area contributed by atoms with E-state index in [2.05, 4.69) is 16.7 Å². The van der Waals surface area contributed by atoms with Crippen LogP contribution in [0.4, 0.5) is 5.69 Å². The van der Waals surface area contributed by atoms with Crippen LogP contribution in [0.3, 0.4) is 0 Å². The van der Waals surface area contributed by atoms with Crippen LogP contribution in [0, 0.1) is 5.41 Å². The van der Waals surface area contributed by atoms with Gasteiger partial charge in [0, 0.05) is 30.6 Å². The number of aryl methyl sites for hydroxylation is 1. The Labute approximate surface area is 160 Å². The molecule has 0 saturated carbocycles. The van der Waals surface area contributed by atoms with Crippen LogP contribution in [0.25, 0.3) is 0 Å². The molecule has 27 heavy (non-hydrogen) atoms. The Hall–Kier alpha value is -1.92. The number of hydrogen-bond acceptors (Lipinski definition) is 5. The van der Waals surface area contributed by atoms with E-state index in [4.69, 9.17) is 4.74 Å². The lowest BCUT2D eigenvalue weighted by atomic mass is 9.88. The molecule has 2 heterocycles. The summed E-state index contributed by atoms with van der Waals surface area (Å²) in [5, 5.41) is 16.0. The first-order chi connectivity index (χ1) is 12.7. The lowest BCUT2D eigenvalue weighted by Gasteiger charge is -2.40. The number of carbonyl (C=O) groups is 2. The second-order valence-electron chi connectivity index (χ2n) is 8.82. The van der Waals surface area contributed by atoms with Gasteiger partial charge in [-0.2, -0.15) is 0 Å². The molecule has 3 atom stereocenters. The molecule has 2 aliphatic heterocycles. The summed E-state index contributed by atoms with van der Waals surface area (Å²) < 4.78 is 5.77. The van der Waals surface area contributed by atoms with Gasteiger partial charge in [-0.3, -0.25) is 9.59 Å². The highest BCUT2D eigenvalue weighted by molar-refractivity contribution is 6.36. The zero-order chi connectivity index (χ0) is 19.6. The molecule has 0 aliphatic carbocycles. The van der Waals surface area contributed by atoms with Crippen molar-refractivity contribution in [2.75, 3.05) is 18.5 Å². The Morgan fingerprint density at radius 2 is 2.11 bits per heavy atom. The molecular formula is C21H30N2O4. The Balaban J connectivity index is 1.51. The lowest BCUT2D eigenvalue weighted by molar-refractivity contribution is -0.138. The number of fused-ring (bicyclic) bond motifs is 4. The maximum Gasteiger partial charge on any atom is 0.287 e. The number of ether oxygens (including phenoxy) is 1. The summed E-state index contributed by atoms with van der Waals surface area (Å²) in [4.78, 5) is 23.9. The van der Waals surface area contributed by atoms with E-state index in [0.717, 1.165) is 29.7 Å². The smallest absolute Gasteiger partial charge is 0.287 e. The van der Waals surface area contributed by atoms with Gasteiger partial charge in [-0.05, 0) is 29.9 Å². The highest BCUT2D eigenvalue weighted by Gasteiger charge is 2.36. The average molecular weight is 374 g/mol. The molecular weight excluding hydrogens is 344 g/mol. The van der Waals surface area contributed by atoms with Crippen molar-refractivity contribution in [1.82, 2.24) is 5.32 Å². The van der Waals surface area contributed by atoms with Gasteiger partial charge in [0.05, 0.1) is 24.9 Å². The molecule has 2 aliphatic rings. The summed E-state index contributed by atoms with van der Waals surface area (Å²) in [6, 6.07) is 6.21. The van der Waals surface area contributed by atoms with Crippen molar-refractivity contribution in [3.63, 3.8) is 0 Å². The zero-order valence-electron chi connectivity index (χ0n) is 16.4. The summed E-state index contributed by atoms with van der Waals surface area (Å²) in [5.41, 5.74) is 3.22. The van der Waals surface area contributed by atoms with Crippen LogP contribution < -0.4 is 10.6 Å². The highest BCUT2D eigenvalue weighted by atomic mass is 16.5. The highest BCUT2D eigenvalue weighted by Crippen LogP contribution is 2.39. The van der Waals surface area contributed by atoms with Crippen molar-refractivity contribution in [2.45, 2.75) is 64.7 Å². The van der Waals surface area contributed by atoms with E-state index in [0.29, 0.717) is 19.6 Å². The second-order valence-corrected chi connectivity index (χ2v) is 8.82. The van der Waals surface area contributed by atoms with Gasteiger partial charge in [0.25, 0.3) is 5.91 Å². The Morgan fingerprint density at radius 3 is 2.85 bits per heavy atom. The van der Waals surface area contributed by atoms with E-state index in [9.17, 15) is 14.7 Å². The maximum absolute atomic E-state index is 12.0. The standard InChI is InChI=1S/C21H30N2O4/c1-21(2,3)12-22-20(26)17(24)6-4-5-13-7-8-15-14(9-13)19-10-16(23-15)18(25)11-27-19/h7-9,16,18-19,23,25H,4-6,10-12H2,1-3H3,(H,22,26)/t16-,18+,19-/m0/s1. The minimum Gasteiger partial charge on any atom is -0.389 e. The van der Waals surface area contributed by atoms with Gasteiger partial charge < -0.3 is 20.5 Å². The van der Waals surface area contributed by atoms with Crippen LogP contribution in [-0.4, -0.2) is 42.1 Å². The average Bonchev–Trinajstić information content (AvgIpc) is 2.62. The SMILES string of the molecule is CC(C)(C)CNC(=O)C(=O)CCCc1ccc2c(c1)[C@@H]1C[C@H](N2)[C@H](O)CO1. The third-order valence-electron chi connectivity index (χ3n) is 5.11. The molecule has 1 aromatic carbocycles.